The lowest BCUT2D eigenvalue weighted by atomic mass is 10.0. The fraction of sp³-hybridized carbons (Fsp3) is 0.949. The summed E-state index contributed by atoms with van der Waals surface area (Å²) in [5, 5.41) is 9.54. The molecule has 5 heteroatoms. The van der Waals surface area contributed by atoms with E-state index in [-0.39, 0.29) is 25.2 Å². The zero-order valence-corrected chi connectivity index (χ0v) is 30.0. The number of unbranched alkanes of at least 4 members (excludes halogenated alkanes) is 22. The summed E-state index contributed by atoms with van der Waals surface area (Å²) in [5.41, 5.74) is 0. The zero-order valence-electron chi connectivity index (χ0n) is 30.0. The maximum atomic E-state index is 12.1. The van der Waals surface area contributed by atoms with Gasteiger partial charge in [0.15, 0.2) is 6.10 Å². The predicted octanol–water partition coefficient (Wildman–Crippen LogP) is 11.7. The van der Waals surface area contributed by atoms with Gasteiger partial charge in [0.1, 0.15) is 6.61 Å². The first kappa shape index (κ1) is 42.9. The third-order valence-corrected chi connectivity index (χ3v) is 8.76. The van der Waals surface area contributed by atoms with Crippen molar-refractivity contribution in [3.8, 4) is 0 Å². The monoisotopic (exact) mass is 625 g/mol. The number of esters is 2. The lowest BCUT2D eigenvalue weighted by molar-refractivity contribution is -0.161. The van der Waals surface area contributed by atoms with Crippen LogP contribution < -0.4 is 0 Å². The lowest BCUT2D eigenvalue weighted by Gasteiger charge is -2.15. The van der Waals surface area contributed by atoms with Crippen molar-refractivity contribution in [3.05, 3.63) is 0 Å². The number of hydrogen-bond donors (Lipinski definition) is 1. The molecule has 0 aromatic rings. The second kappa shape index (κ2) is 33.3. The van der Waals surface area contributed by atoms with Crippen LogP contribution in [0.25, 0.3) is 0 Å². The van der Waals surface area contributed by atoms with Crippen molar-refractivity contribution >= 4 is 11.9 Å². The molecule has 262 valence electrons. The smallest absolute Gasteiger partial charge is 0.306 e. The van der Waals surface area contributed by atoms with Gasteiger partial charge in [0, 0.05) is 12.8 Å². The molecule has 0 aliphatic carbocycles. The number of rotatable bonds is 34. The molecule has 0 radical (unpaired) electrons. The maximum absolute atomic E-state index is 12.1. The molecule has 1 atom stereocenters. The summed E-state index contributed by atoms with van der Waals surface area (Å²) in [7, 11) is 0. The second-order valence-electron chi connectivity index (χ2n) is 14.3. The van der Waals surface area contributed by atoms with Gasteiger partial charge >= 0.3 is 11.9 Å². The summed E-state index contributed by atoms with van der Waals surface area (Å²) < 4.78 is 10.6. The summed E-state index contributed by atoms with van der Waals surface area (Å²) >= 11 is 0. The molecule has 5 nitrogen and oxygen atoms in total. The first-order valence-electron chi connectivity index (χ1n) is 19.3. The van der Waals surface area contributed by atoms with E-state index >= 15 is 0 Å². The van der Waals surface area contributed by atoms with Gasteiger partial charge in [0.05, 0.1) is 6.61 Å². The number of hydrogen-bond acceptors (Lipinski definition) is 5. The van der Waals surface area contributed by atoms with Gasteiger partial charge < -0.3 is 14.6 Å². The number of ether oxygens (including phenoxy) is 2. The Hall–Kier alpha value is -1.10. The molecule has 0 rings (SSSR count). The lowest BCUT2D eigenvalue weighted by Crippen LogP contribution is -2.28. The molecule has 0 heterocycles. The average molecular weight is 625 g/mol. The predicted molar refractivity (Wildman–Crippen MR) is 187 cm³/mol. The fourth-order valence-corrected chi connectivity index (χ4v) is 5.81. The van der Waals surface area contributed by atoms with Gasteiger partial charge in [-0.1, -0.05) is 182 Å². The van der Waals surface area contributed by atoms with Crippen LogP contribution >= 0.6 is 0 Å². The molecule has 0 saturated heterocycles. The van der Waals surface area contributed by atoms with Crippen molar-refractivity contribution in [1.82, 2.24) is 0 Å². The average Bonchev–Trinajstić information content (AvgIpc) is 2.99. The van der Waals surface area contributed by atoms with Gasteiger partial charge in [-0.2, -0.15) is 0 Å². The van der Waals surface area contributed by atoms with Crippen molar-refractivity contribution in [1.29, 1.82) is 0 Å². The molecule has 0 saturated carbocycles. The molecule has 0 aliphatic rings. The molecule has 0 aliphatic heterocycles. The van der Waals surface area contributed by atoms with E-state index in [0.29, 0.717) is 12.8 Å². The van der Waals surface area contributed by atoms with Crippen LogP contribution in [0, 0.1) is 11.8 Å². The van der Waals surface area contributed by atoms with Gasteiger partial charge in [0.25, 0.3) is 0 Å². The fourth-order valence-electron chi connectivity index (χ4n) is 5.81. The van der Waals surface area contributed by atoms with E-state index in [1.807, 2.05) is 0 Å². The van der Waals surface area contributed by atoms with Crippen LogP contribution in [-0.2, 0) is 19.1 Å². The summed E-state index contributed by atoms with van der Waals surface area (Å²) in [6.45, 7) is 8.85. The Labute approximate surface area is 274 Å². The molecule has 1 N–H and O–H groups in total. The van der Waals surface area contributed by atoms with Crippen molar-refractivity contribution in [3.63, 3.8) is 0 Å². The highest BCUT2D eigenvalue weighted by molar-refractivity contribution is 5.70. The van der Waals surface area contributed by atoms with E-state index in [0.717, 1.165) is 50.4 Å². The number of aliphatic hydroxyl groups excluding tert-OH is 1. The highest BCUT2D eigenvalue weighted by atomic mass is 16.6. The second-order valence-corrected chi connectivity index (χ2v) is 14.3. The Morgan fingerprint density at radius 2 is 0.750 bits per heavy atom. The minimum atomic E-state index is -0.762. The molecule has 1 unspecified atom stereocenters. The summed E-state index contributed by atoms with van der Waals surface area (Å²) in [6.07, 6.45) is 33.0. The first-order valence-corrected chi connectivity index (χ1v) is 19.3. The van der Waals surface area contributed by atoms with Crippen molar-refractivity contribution in [2.75, 3.05) is 13.2 Å². The molecule has 0 aromatic carbocycles. The summed E-state index contributed by atoms with van der Waals surface area (Å²) in [5.74, 6) is 1.10. The standard InChI is InChI=1S/C39H76O5/c1-35(2)29-25-21-17-13-9-5-7-11-15-19-23-27-31-38(41)43-34-37(33-40)44-39(42)32-28-24-20-16-12-8-6-10-14-18-22-26-30-36(3)4/h35-37,40H,5-34H2,1-4H3. The topological polar surface area (TPSA) is 72.8 Å². The van der Waals surface area contributed by atoms with Gasteiger partial charge in [-0.15, -0.1) is 0 Å². The molecule has 0 aromatic heterocycles. The highest BCUT2D eigenvalue weighted by Crippen LogP contribution is 2.16. The Kier molecular flexibility index (Phi) is 32.4. The van der Waals surface area contributed by atoms with Crippen LogP contribution in [0.2, 0.25) is 0 Å². The normalized spacial score (nSPS) is 12.2. The Bertz CT molecular complexity index is 618. The van der Waals surface area contributed by atoms with E-state index < -0.39 is 6.10 Å². The largest absolute Gasteiger partial charge is 0.462 e. The molecule has 0 spiro atoms. The number of carbonyl (C=O) groups is 2. The quantitative estimate of drug-likeness (QED) is 0.0569. The van der Waals surface area contributed by atoms with E-state index in [1.54, 1.807) is 0 Å². The molecule has 44 heavy (non-hydrogen) atoms. The van der Waals surface area contributed by atoms with E-state index in [4.69, 9.17) is 9.47 Å². The molecular weight excluding hydrogens is 548 g/mol. The highest BCUT2D eigenvalue weighted by Gasteiger charge is 2.16. The van der Waals surface area contributed by atoms with Crippen molar-refractivity contribution < 1.29 is 24.2 Å². The van der Waals surface area contributed by atoms with Crippen LogP contribution in [0.1, 0.15) is 207 Å². The van der Waals surface area contributed by atoms with Crippen LogP contribution in [-0.4, -0.2) is 36.4 Å². The van der Waals surface area contributed by atoms with Gasteiger partial charge in [-0.3, -0.25) is 9.59 Å². The van der Waals surface area contributed by atoms with Crippen LogP contribution in [0.5, 0.6) is 0 Å². The molecule has 0 amide bonds. The van der Waals surface area contributed by atoms with Crippen LogP contribution in [0.15, 0.2) is 0 Å². The Morgan fingerprint density at radius 1 is 0.455 bits per heavy atom. The molecule has 0 bridgehead atoms. The third kappa shape index (κ3) is 33.8. The van der Waals surface area contributed by atoms with Crippen LogP contribution in [0.4, 0.5) is 0 Å². The number of carbonyl (C=O) groups excluding carboxylic acids is 2. The minimum Gasteiger partial charge on any atom is -0.462 e. The van der Waals surface area contributed by atoms with Gasteiger partial charge in [-0.05, 0) is 24.7 Å². The number of aliphatic hydroxyl groups is 1. The van der Waals surface area contributed by atoms with E-state index in [9.17, 15) is 14.7 Å². The van der Waals surface area contributed by atoms with Gasteiger partial charge in [-0.25, -0.2) is 0 Å². The first-order chi connectivity index (χ1) is 21.3. The Balaban J connectivity index is 3.51. The summed E-state index contributed by atoms with van der Waals surface area (Å²) in [4.78, 5) is 24.2. The molecule has 0 fully saturated rings. The maximum Gasteiger partial charge on any atom is 0.306 e. The van der Waals surface area contributed by atoms with Gasteiger partial charge in [0.2, 0.25) is 0 Å². The zero-order chi connectivity index (χ0) is 32.5. The third-order valence-electron chi connectivity index (χ3n) is 8.76. The van der Waals surface area contributed by atoms with E-state index in [2.05, 4.69) is 27.7 Å². The van der Waals surface area contributed by atoms with Crippen LogP contribution in [0.3, 0.4) is 0 Å². The minimum absolute atomic E-state index is 0.0588. The van der Waals surface area contributed by atoms with Crippen molar-refractivity contribution in [2.45, 2.75) is 214 Å². The SMILES string of the molecule is CC(C)CCCCCCCCCCCCCCC(=O)OCC(CO)OC(=O)CCCCCCCCCCCCCCC(C)C. The Morgan fingerprint density at radius 3 is 1.07 bits per heavy atom. The molecular formula is C39H76O5. The van der Waals surface area contributed by atoms with E-state index in [1.165, 1.54) is 128 Å². The van der Waals surface area contributed by atoms with Crippen molar-refractivity contribution in [2.24, 2.45) is 11.8 Å². The summed E-state index contributed by atoms with van der Waals surface area (Å²) in [6, 6.07) is 0.